The van der Waals surface area contributed by atoms with Crippen LogP contribution in [0.4, 0.5) is 0 Å². The minimum absolute atomic E-state index is 0.00756. The van der Waals surface area contributed by atoms with Crippen molar-refractivity contribution in [3.63, 3.8) is 0 Å². The first kappa shape index (κ1) is 19.4. The normalized spacial score (nSPS) is 22.4. The zero-order valence-electron chi connectivity index (χ0n) is 15.0. The Morgan fingerprint density at radius 1 is 1.17 bits per heavy atom. The van der Waals surface area contributed by atoms with Crippen LogP contribution in [0.25, 0.3) is 0 Å². The maximum Gasteiger partial charge on any atom is 0.214 e. The lowest BCUT2D eigenvalue weighted by Gasteiger charge is -2.18. The maximum absolute atomic E-state index is 12.0. The molecule has 1 aromatic carbocycles. The van der Waals surface area contributed by atoms with Gasteiger partial charge in [-0.15, -0.1) is 0 Å². The molecule has 2 atom stereocenters. The van der Waals surface area contributed by atoms with Gasteiger partial charge in [-0.25, -0.2) is 12.7 Å². The zero-order chi connectivity index (χ0) is 17.7. The average Bonchev–Trinajstić information content (AvgIpc) is 2.85. The molecule has 1 N–H and O–H groups in total. The zero-order valence-corrected chi connectivity index (χ0v) is 15.8. The molecule has 5 nitrogen and oxygen atoms in total. The molecule has 0 saturated carbocycles. The second-order valence-corrected chi connectivity index (χ2v) is 9.23. The highest BCUT2D eigenvalue weighted by atomic mass is 32.2. The fourth-order valence-corrected chi connectivity index (χ4v) is 4.27. The largest absolute Gasteiger partial charge is 0.391 e. The summed E-state index contributed by atoms with van der Waals surface area (Å²) in [6.07, 6.45) is 2.94. The van der Waals surface area contributed by atoms with Crippen LogP contribution in [-0.4, -0.2) is 61.8 Å². The summed E-state index contributed by atoms with van der Waals surface area (Å²) < 4.78 is 25.3. The van der Waals surface area contributed by atoms with Gasteiger partial charge in [0.05, 0.1) is 11.9 Å². The third kappa shape index (κ3) is 5.28. The predicted molar refractivity (Wildman–Crippen MR) is 97.3 cm³/mol. The molecule has 0 spiro atoms. The Labute approximate surface area is 146 Å². The summed E-state index contributed by atoms with van der Waals surface area (Å²) in [5.74, 6) is -0.214. The van der Waals surface area contributed by atoms with E-state index in [-0.39, 0.29) is 11.7 Å². The highest BCUT2D eigenvalue weighted by Crippen LogP contribution is 2.22. The number of aryl methyl sites for hydroxylation is 1. The topological polar surface area (TPSA) is 60.9 Å². The molecule has 1 fully saturated rings. The quantitative estimate of drug-likeness (QED) is 0.772. The summed E-state index contributed by atoms with van der Waals surface area (Å²) in [5.41, 5.74) is 2.57. The summed E-state index contributed by atoms with van der Waals surface area (Å²) in [4.78, 5) is 2.14. The van der Waals surface area contributed by atoms with Crippen molar-refractivity contribution < 1.29 is 13.5 Å². The number of sulfonamides is 1. The minimum Gasteiger partial charge on any atom is -0.391 e. The monoisotopic (exact) mass is 354 g/mol. The van der Waals surface area contributed by atoms with E-state index in [0.29, 0.717) is 13.1 Å². The smallest absolute Gasteiger partial charge is 0.214 e. The summed E-state index contributed by atoms with van der Waals surface area (Å²) in [7, 11) is -0.206. The van der Waals surface area contributed by atoms with Gasteiger partial charge in [-0.05, 0) is 24.0 Å². The molecule has 6 heteroatoms. The van der Waals surface area contributed by atoms with Crippen LogP contribution in [0.2, 0.25) is 0 Å². The molecule has 1 saturated heterocycles. The molecule has 0 amide bonds. The van der Waals surface area contributed by atoms with E-state index in [0.717, 1.165) is 13.0 Å². The number of unbranched alkanes of at least 4 members (excludes halogenated alkanes) is 1. The van der Waals surface area contributed by atoms with E-state index in [1.54, 1.807) is 0 Å². The second-order valence-electron chi connectivity index (χ2n) is 7.00. The highest BCUT2D eigenvalue weighted by Gasteiger charge is 2.35. The fraction of sp³-hybridized carbons (Fsp3) is 0.667. The van der Waals surface area contributed by atoms with E-state index in [9.17, 15) is 13.5 Å². The number of hydrogen-bond acceptors (Lipinski definition) is 4. The molecule has 0 radical (unpaired) electrons. The van der Waals surface area contributed by atoms with E-state index in [4.69, 9.17) is 0 Å². The van der Waals surface area contributed by atoms with E-state index in [1.165, 1.54) is 42.4 Å². The molecule has 24 heavy (non-hydrogen) atoms. The predicted octanol–water partition coefficient (Wildman–Crippen LogP) is 1.71. The molecule has 1 aliphatic heterocycles. The Morgan fingerprint density at radius 2 is 1.79 bits per heavy atom. The number of rotatable bonds is 8. The van der Waals surface area contributed by atoms with Gasteiger partial charge >= 0.3 is 0 Å². The minimum atomic E-state index is -3.28. The lowest BCUT2D eigenvalue weighted by Crippen LogP contribution is -2.33. The third-order valence-electron chi connectivity index (χ3n) is 4.71. The van der Waals surface area contributed by atoms with Crippen molar-refractivity contribution in [2.45, 2.75) is 38.8 Å². The Kier molecular flexibility index (Phi) is 6.80. The van der Waals surface area contributed by atoms with Crippen molar-refractivity contribution in [2.24, 2.45) is 5.92 Å². The van der Waals surface area contributed by atoms with Crippen LogP contribution >= 0.6 is 0 Å². The van der Waals surface area contributed by atoms with Gasteiger partial charge in [-0.3, -0.25) is 4.90 Å². The molecule has 2 rings (SSSR count). The van der Waals surface area contributed by atoms with Crippen molar-refractivity contribution >= 4 is 10.0 Å². The van der Waals surface area contributed by atoms with Crippen molar-refractivity contribution in [3.05, 3.63) is 35.4 Å². The van der Waals surface area contributed by atoms with E-state index < -0.39 is 16.1 Å². The van der Waals surface area contributed by atoms with Gasteiger partial charge in [0.2, 0.25) is 10.0 Å². The Morgan fingerprint density at radius 3 is 2.38 bits per heavy atom. The number of aliphatic hydroxyl groups excluding tert-OH is 1. The summed E-state index contributed by atoms with van der Waals surface area (Å²) in [5, 5.41) is 10.2. The van der Waals surface area contributed by atoms with Gasteiger partial charge in [0.15, 0.2) is 0 Å². The van der Waals surface area contributed by atoms with Crippen LogP contribution in [0.15, 0.2) is 24.3 Å². The first-order chi connectivity index (χ1) is 11.3. The van der Waals surface area contributed by atoms with E-state index in [1.807, 2.05) is 0 Å². The number of β-amino-alcohol motifs (C(OH)–C–C–N with tert-alkyl or cyclic N) is 1. The number of aliphatic hydroxyl groups is 1. The second kappa shape index (κ2) is 8.43. The third-order valence-corrected chi connectivity index (χ3v) is 6.67. The maximum atomic E-state index is 12.0. The van der Waals surface area contributed by atoms with E-state index >= 15 is 0 Å². The number of hydrogen-bond donors (Lipinski definition) is 1. The van der Waals surface area contributed by atoms with Gasteiger partial charge < -0.3 is 5.11 Å². The lowest BCUT2D eigenvalue weighted by atomic mass is 10.1. The number of benzene rings is 1. The van der Waals surface area contributed by atoms with Crippen LogP contribution in [0, 0.1) is 5.92 Å². The molecule has 0 aromatic heterocycles. The Balaban J connectivity index is 1.90. The number of likely N-dealkylation sites (tertiary alicyclic amines) is 1. The SMILES string of the molecule is CCCCc1ccc(CN2CC(O)C(CS(=O)(=O)N(C)C)C2)cc1. The molecule has 0 aliphatic carbocycles. The van der Waals surface area contributed by atoms with Gasteiger partial charge in [0.1, 0.15) is 0 Å². The number of nitrogens with zero attached hydrogens (tertiary/aromatic N) is 2. The summed E-state index contributed by atoms with van der Waals surface area (Å²) >= 11 is 0. The van der Waals surface area contributed by atoms with E-state index in [2.05, 4.69) is 36.1 Å². The first-order valence-electron chi connectivity index (χ1n) is 8.70. The van der Waals surface area contributed by atoms with Crippen molar-refractivity contribution in [2.75, 3.05) is 32.9 Å². The molecule has 2 unspecified atom stereocenters. The molecular weight excluding hydrogens is 324 g/mol. The average molecular weight is 355 g/mol. The van der Waals surface area contributed by atoms with Gasteiger partial charge in [-0.2, -0.15) is 0 Å². The lowest BCUT2D eigenvalue weighted by molar-refractivity contribution is 0.148. The summed E-state index contributed by atoms with van der Waals surface area (Å²) in [6, 6.07) is 8.62. The highest BCUT2D eigenvalue weighted by molar-refractivity contribution is 7.89. The molecule has 136 valence electrons. The Hall–Kier alpha value is -0.950. The van der Waals surface area contributed by atoms with Crippen molar-refractivity contribution in [3.8, 4) is 0 Å². The van der Waals surface area contributed by atoms with Crippen LogP contribution in [0.5, 0.6) is 0 Å². The Bertz CT molecular complexity index is 614. The van der Waals surface area contributed by atoms with Crippen molar-refractivity contribution in [1.29, 1.82) is 0 Å². The first-order valence-corrected chi connectivity index (χ1v) is 10.3. The van der Waals surface area contributed by atoms with Gasteiger partial charge in [0.25, 0.3) is 0 Å². The van der Waals surface area contributed by atoms with Gasteiger partial charge in [-0.1, -0.05) is 37.6 Å². The molecule has 1 aliphatic rings. The molecule has 1 heterocycles. The fourth-order valence-electron chi connectivity index (χ4n) is 3.10. The molecule has 0 bridgehead atoms. The van der Waals surface area contributed by atoms with Crippen LogP contribution in [0.1, 0.15) is 30.9 Å². The van der Waals surface area contributed by atoms with Crippen LogP contribution in [0.3, 0.4) is 0 Å². The molecular formula is C18H30N2O3S. The van der Waals surface area contributed by atoms with Crippen LogP contribution < -0.4 is 0 Å². The van der Waals surface area contributed by atoms with Crippen LogP contribution in [-0.2, 0) is 23.0 Å². The standard InChI is InChI=1S/C18H30N2O3S/c1-4-5-6-15-7-9-16(10-8-15)11-20-12-17(18(21)13-20)14-24(22,23)19(2)3/h7-10,17-18,21H,4-6,11-14H2,1-3H3. The van der Waals surface area contributed by atoms with Crippen molar-refractivity contribution in [1.82, 2.24) is 9.21 Å². The van der Waals surface area contributed by atoms with Gasteiger partial charge in [0, 0.05) is 39.6 Å². The summed E-state index contributed by atoms with van der Waals surface area (Å²) in [6.45, 7) is 4.10. The molecule has 1 aromatic rings.